The minimum Gasteiger partial charge on any atom is -0.490 e. The normalized spacial score (nSPS) is 10.8. The lowest BCUT2D eigenvalue weighted by atomic mass is 10.2. The molecule has 0 saturated carbocycles. The molecule has 0 aliphatic carbocycles. The maximum Gasteiger partial charge on any atom is 0.238 e. The van der Waals surface area contributed by atoms with Crippen molar-refractivity contribution in [2.45, 2.75) is 34.2 Å². The van der Waals surface area contributed by atoms with E-state index in [0.29, 0.717) is 36.9 Å². The molecule has 2 aromatic rings. The Hall–Kier alpha value is -2.54. The molecule has 1 heterocycles. The molecule has 0 aliphatic rings. The van der Waals surface area contributed by atoms with E-state index in [1.165, 1.54) is 0 Å². The second-order valence-corrected chi connectivity index (χ2v) is 6.05. The highest BCUT2D eigenvalue weighted by molar-refractivity contribution is 5.92. The van der Waals surface area contributed by atoms with Gasteiger partial charge in [0.1, 0.15) is 5.76 Å². The van der Waals surface area contributed by atoms with Crippen LogP contribution in [0.1, 0.15) is 30.9 Å². The number of carbonyl (C=O) groups is 1. The van der Waals surface area contributed by atoms with Crippen molar-refractivity contribution in [1.29, 1.82) is 0 Å². The highest BCUT2D eigenvalue weighted by atomic mass is 16.5. The Balaban J connectivity index is 1.97. The first-order chi connectivity index (χ1) is 12.4. The van der Waals surface area contributed by atoms with E-state index in [9.17, 15) is 4.79 Å². The zero-order valence-corrected chi connectivity index (χ0v) is 16.1. The summed E-state index contributed by atoms with van der Waals surface area (Å²) in [7, 11) is 1.88. The third-order valence-electron chi connectivity index (χ3n) is 3.85. The zero-order valence-electron chi connectivity index (χ0n) is 16.1. The lowest BCUT2D eigenvalue weighted by Gasteiger charge is -2.17. The predicted octanol–water partition coefficient (Wildman–Crippen LogP) is 3.16. The van der Waals surface area contributed by atoms with Crippen LogP contribution in [-0.2, 0) is 11.3 Å². The maximum atomic E-state index is 12.3. The van der Waals surface area contributed by atoms with Crippen LogP contribution in [0.5, 0.6) is 11.5 Å². The molecule has 0 radical (unpaired) electrons. The first-order valence-electron chi connectivity index (χ1n) is 8.74. The number of likely N-dealkylation sites (N-methyl/N-ethyl adjacent to an activating group) is 1. The van der Waals surface area contributed by atoms with Crippen LogP contribution in [0.4, 0.5) is 5.69 Å². The molecule has 0 spiro atoms. The van der Waals surface area contributed by atoms with Crippen molar-refractivity contribution in [3.63, 3.8) is 0 Å². The number of aromatic nitrogens is 1. The minimum atomic E-state index is -0.106. The van der Waals surface area contributed by atoms with E-state index in [1.807, 2.05) is 39.6 Å². The van der Waals surface area contributed by atoms with Gasteiger partial charge in [0, 0.05) is 23.9 Å². The molecule has 142 valence electrons. The quantitative estimate of drug-likeness (QED) is 0.739. The van der Waals surface area contributed by atoms with E-state index >= 15 is 0 Å². The van der Waals surface area contributed by atoms with Crippen LogP contribution >= 0.6 is 0 Å². The minimum absolute atomic E-state index is 0.106. The molecule has 26 heavy (non-hydrogen) atoms. The molecule has 0 atom stereocenters. The van der Waals surface area contributed by atoms with Crippen LogP contribution in [0.2, 0.25) is 0 Å². The Kier molecular flexibility index (Phi) is 7.03. The summed E-state index contributed by atoms with van der Waals surface area (Å²) in [6.45, 7) is 9.53. The third-order valence-corrected chi connectivity index (χ3v) is 3.85. The Morgan fingerprint density at radius 1 is 1.19 bits per heavy atom. The number of amides is 1. The summed E-state index contributed by atoms with van der Waals surface area (Å²) < 4.78 is 16.3. The highest BCUT2D eigenvalue weighted by Crippen LogP contribution is 2.30. The smallest absolute Gasteiger partial charge is 0.238 e. The van der Waals surface area contributed by atoms with Crippen LogP contribution in [0.25, 0.3) is 0 Å². The fourth-order valence-corrected chi connectivity index (χ4v) is 2.63. The number of carbonyl (C=O) groups excluding carboxylic acids is 1. The van der Waals surface area contributed by atoms with Crippen molar-refractivity contribution in [3.8, 4) is 11.5 Å². The SMILES string of the molecule is CCOc1ccc(NC(=O)CN(C)Cc2c(C)noc2C)cc1OCC. The van der Waals surface area contributed by atoms with E-state index in [0.717, 1.165) is 17.0 Å². The van der Waals surface area contributed by atoms with Gasteiger partial charge in [0.05, 0.1) is 25.5 Å². The maximum absolute atomic E-state index is 12.3. The molecule has 0 aliphatic heterocycles. The van der Waals surface area contributed by atoms with Gasteiger partial charge in [0.25, 0.3) is 0 Å². The molecule has 2 rings (SSSR count). The molecular weight excluding hydrogens is 334 g/mol. The number of anilines is 1. The van der Waals surface area contributed by atoms with Gasteiger partial charge in [-0.15, -0.1) is 0 Å². The monoisotopic (exact) mass is 361 g/mol. The zero-order chi connectivity index (χ0) is 19.1. The summed E-state index contributed by atoms with van der Waals surface area (Å²) in [6.07, 6.45) is 0. The number of hydrogen-bond acceptors (Lipinski definition) is 6. The molecule has 1 aromatic heterocycles. The molecular formula is C19H27N3O4. The van der Waals surface area contributed by atoms with Crippen molar-refractivity contribution >= 4 is 11.6 Å². The van der Waals surface area contributed by atoms with E-state index in [-0.39, 0.29) is 12.5 Å². The number of ether oxygens (including phenoxy) is 2. The van der Waals surface area contributed by atoms with Crippen molar-refractivity contribution in [3.05, 3.63) is 35.2 Å². The first-order valence-corrected chi connectivity index (χ1v) is 8.74. The van der Waals surface area contributed by atoms with E-state index < -0.39 is 0 Å². The fraction of sp³-hybridized carbons (Fsp3) is 0.474. The van der Waals surface area contributed by atoms with E-state index in [4.69, 9.17) is 14.0 Å². The number of nitrogens with one attached hydrogen (secondary N) is 1. The Morgan fingerprint density at radius 3 is 2.50 bits per heavy atom. The Labute approximate surface area is 154 Å². The summed E-state index contributed by atoms with van der Waals surface area (Å²) in [5.74, 6) is 1.97. The lowest BCUT2D eigenvalue weighted by molar-refractivity contribution is -0.117. The van der Waals surface area contributed by atoms with Crippen LogP contribution in [0.15, 0.2) is 22.7 Å². The number of rotatable bonds is 9. The molecule has 7 nitrogen and oxygen atoms in total. The predicted molar refractivity (Wildman–Crippen MR) is 99.7 cm³/mol. The average molecular weight is 361 g/mol. The van der Waals surface area contributed by atoms with Gasteiger partial charge in [-0.1, -0.05) is 5.16 Å². The van der Waals surface area contributed by atoms with Crippen LogP contribution in [0.3, 0.4) is 0 Å². The molecule has 1 aromatic carbocycles. The summed E-state index contributed by atoms with van der Waals surface area (Å²) in [4.78, 5) is 14.3. The molecule has 1 amide bonds. The van der Waals surface area contributed by atoms with Gasteiger partial charge in [0.2, 0.25) is 5.91 Å². The van der Waals surface area contributed by atoms with Gasteiger partial charge in [0.15, 0.2) is 11.5 Å². The van der Waals surface area contributed by atoms with Crippen LogP contribution in [0, 0.1) is 13.8 Å². The van der Waals surface area contributed by atoms with E-state index in [1.54, 1.807) is 18.2 Å². The van der Waals surface area contributed by atoms with Crippen molar-refractivity contribution in [2.24, 2.45) is 0 Å². The summed E-state index contributed by atoms with van der Waals surface area (Å²) >= 11 is 0. The number of benzene rings is 1. The molecule has 0 bridgehead atoms. The van der Waals surface area contributed by atoms with Gasteiger partial charge in [-0.25, -0.2) is 0 Å². The van der Waals surface area contributed by atoms with Crippen LogP contribution in [-0.4, -0.2) is 42.8 Å². The van der Waals surface area contributed by atoms with Crippen molar-refractivity contribution in [2.75, 3.05) is 32.1 Å². The first kappa shape index (κ1) is 19.8. The second kappa shape index (κ2) is 9.24. The lowest BCUT2D eigenvalue weighted by Crippen LogP contribution is -2.30. The third kappa shape index (κ3) is 5.23. The van der Waals surface area contributed by atoms with Gasteiger partial charge >= 0.3 is 0 Å². The van der Waals surface area contributed by atoms with Gasteiger partial charge in [-0.05, 0) is 46.9 Å². The Morgan fingerprint density at radius 2 is 1.88 bits per heavy atom. The van der Waals surface area contributed by atoms with Crippen LogP contribution < -0.4 is 14.8 Å². The fourth-order valence-electron chi connectivity index (χ4n) is 2.63. The summed E-state index contributed by atoms with van der Waals surface area (Å²) in [5, 5.41) is 6.83. The molecule has 1 N–H and O–H groups in total. The topological polar surface area (TPSA) is 76.8 Å². The summed E-state index contributed by atoms with van der Waals surface area (Å²) in [5.41, 5.74) is 2.54. The molecule has 0 unspecified atom stereocenters. The van der Waals surface area contributed by atoms with Crippen molar-refractivity contribution < 1.29 is 18.8 Å². The summed E-state index contributed by atoms with van der Waals surface area (Å²) in [6, 6.07) is 5.39. The number of aryl methyl sites for hydroxylation is 2. The van der Waals surface area contributed by atoms with E-state index in [2.05, 4.69) is 10.5 Å². The molecule has 0 fully saturated rings. The number of hydrogen-bond donors (Lipinski definition) is 1. The molecule has 7 heteroatoms. The second-order valence-electron chi connectivity index (χ2n) is 6.05. The standard InChI is InChI=1S/C19H27N3O4/c1-6-24-17-9-8-15(10-18(17)25-7-2)20-19(23)12-22(5)11-16-13(3)21-26-14(16)4/h8-10H,6-7,11-12H2,1-5H3,(H,20,23). The highest BCUT2D eigenvalue weighted by Gasteiger charge is 2.14. The van der Waals surface area contributed by atoms with Crippen molar-refractivity contribution in [1.82, 2.24) is 10.1 Å². The van der Waals surface area contributed by atoms with Gasteiger partial charge < -0.3 is 19.3 Å². The largest absolute Gasteiger partial charge is 0.490 e. The number of nitrogens with zero attached hydrogens (tertiary/aromatic N) is 2. The Bertz CT molecular complexity index is 723. The molecule has 0 saturated heterocycles. The van der Waals surface area contributed by atoms with Gasteiger partial charge in [-0.2, -0.15) is 0 Å². The van der Waals surface area contributed by atoms with Gasteiger partial charge in [-0.3, -0.25) is 9.69 Å². The average Bonchev–Trinajstić information content (AvgIpc) is 2.89.